The number of aliphatic hydroxyl groups is 1. The Hall–Kier alpha value is -2.54. The number of carboxylic acids is 1. The first-order valence-electron chi connectivity index (χ1n) is 9.02. The molecular formula is C19H23N3O4. The number of aryl methyl sites for hydroxylation is 1. The normalized spacial score (nSPS) is 18.5. The van der Waals surface area contributed by atoms with Crippen LogP contribution in [0, 0.1) is 6.92 Å². The zero-order valence-electron chi connectivity index (χ0n) is 14.7. The number of carboxylic acid groups (broad SMARTS) is 1. The Labute approximate surface area is 150 Å². The van der Waals surface area contributed by atoms with Crippen molar-refractivity contribution >= 4 is 28.2 Å². The number of nitrogen functional groups attached to an aromatic ring is 1. The molecule has 2 heterocycles. The Kier molecular flexibility index (Phi) is 3.91. The van der Waals surface area contributed by atoms with E-state index in [0.29, 0.717) is 37.0 Å². The summed E-state index contributed by atoms with van der Waals surface area (Å²) in [6.45, 7) is 3.36. The molecule has 4 rings (SSSR count). The van der Waals surface area contributed by atoms with E-state index in [1.807, 2.05) is 11.5 Å². The van der Waals surface area contributed by atoms with E-state index in [0.717, 1.165) is 29.6 Å². The number of rotatable bonds is 3. The lowest BCUT2D eigenvalue weighted by Crippen LogP contribution is -2.36. The fraction of sp³-hybridized carbons (Fsp3) is 0.474. The summed E-state index contributed by atoms with van der Waals surface area (Å²) in [6.07, 6.45) is 4.53. The minimum absolute atomic E-state index is 0.211. The largest absolute Gasteiger partial charge is 0.477 e. The second-order valence-corrected chi connectivity index (χ2v) is 7.37. The van der Waals surface area contributed by atoms with Crippen LogP contribution in [0.25, 0.3) is 10.9 Å². The molecular weight excluding hydrogens is 334 g/mol. The number of hydrogen-bond donors (Lipinski definition) is 3. The van der Waals surface area contributed by atoms with Gasteiger partial charge in [-0.1, -0.05) is 0 Å². The maximum atomic E-state index is 12.7. The van der Waals surface area contributed by atoms with Crippen LogP contribution in [0.1, 0.15) is 47.6 Å². The summed E-state index contributed by atoms with van der Waals surface area (Å²) in [5.74, 6) is -1.21. The Morgan fingerprint density at radius 3 is 2.46 bits per heavy atom. The number of pyridine rings is 1. The van der Waals surface area contributed by atoms with Gasteiger partial charge in [0.15, 0.2) is 0 Å². The number of piperidine rings is 1. The number of fused-ring (bicyclic) bond motifs is 1. The molecule has 0 amide bonds. The SMILES string of the molecule is Cc1c(N2CCC(O)CC2)c(N)cc2c(=O)c(C(=O)O)cn(C3CC3)c12. The fourth-order valence-corrected chi connectivity index (χ4v) is 4.04. The molecule has 1 saturated heterocycles. The van der Waals surface area contributed by atoms with Gasteiger partial charge in [-0.15, -0.1) is 0 Å². The quantitative estimate of drug-likeness (QED) is 0.724. The molecule has 1 saturated carbocycles. The van der Waals surface area contributed by atoms with Gasteiger partial charge >= 0.3 is 5.97 Å². The molecule has 0 radical (unpaired) electrons. The molecule has 0 unspecified atom stereocenters. The lowest BCUT2D eigenvalue weighted by Gasteiger charge is -2.34. The molecule has 7 heteroatoms. The molecule has 26 heavy (non-hydrogen) atoms. The summed E-state index contributed by atoms with van der Waals surface area (Å²) in [4.78, 5) is 26.4. The summed E-state index contributed by atoms with van der Waals surface area (Å²) in [5, 5.41) is 19.5. The van der Waals surface area contributed by atoms with Crippen LogP contribution < -0.4 is 16.1 Å². The minimum Gasteiger partial charge on any atom is -0.477 e. The molecule has 2 fully saturated rings. The van der Waals surface area contributed by atoms with E-state index in [9.17, 15) is 19.8 Å². The Balaban J connectivity index is 1.97. The number of benzene rings is 1. The maximum absolute atomic E-state index is 12.7. The van der Waals surface area contributed by atoms with E-state index in [1.165, 1.54) is 6.20 Å². The van der Waals surface area contributed by atoms with Crippen LogP contribution in [0.3, 0.4) is 0 Å². The number of aromatic carboxylic acids is 1. The third-order valence-corrected chi connectivity index (χ3v) is 5.51. The molecule has 7 nitrogen and oxygen atoms in total. The predicted octanol–water partition coefficient (Wildman–Crippen LogP) is 1.89. The monoisotopic (exact) mass is 357 g/mol. The van der Waals surface area contributed by atoms with Gasteiger partial charge in [-0.25, -0.2) is 4.79 Å². The summed E-state index contributed by atoms with van der Waals surface area (Å²) >= 11 is 0. The van der Waals surface area contributed by atoms with E-state index in [1.54, 1.807) is 6.07 Å². The van der Waals surface area contributed by atoms with Gasteiger partial charge in [0.1, 0.15) is 5.56 Å². The van der Waals surface area contributed by atoms with Crippen molar-refractivity contribution in [1.82, 2.24) is 4.57 Å². The van der Waals surface area contributed by atoms with Crippen molar-refractivity contribution in [3.63, 3.8) is 0 Å². The van der Waals surface area contributed by atoms with Crippen molar-refractivity contribution in [3.8, 4) is 0 Å². The average Bonchev–Trinajstić information content (AvgIpc) is 3.42. The Morgan fingerprint density at radius 2 is 1.88 bits per heavy atom. The Bertz CT molecular complexity index is 954. The van der Waals surface area contributed by atoms with E-state index in [2.05, 4.69) is 4.90 Å². The number of aromatic nitrogens is 1. The maximum Gasteiger partial charge on any atom is 0.341 e. The number of carbonyl (C=O) groups is 1. The van der Waals surface area contributed by atoms with Crippen LogP contribution in [0.15, 0.2) is 17.1 Å². The summed E-state index contributed by atoms with van der Waals surface area (Å²) in [7, 11) is 0. The average molecular weight is 357 g/mol. The van der Waals surface area contributed by atoms with Crippen LogP contribution in [0.2, 0.25) is 0 Å². The summed E-state index contributed by atoms with van der Waals surface area (Å²) in [5.41, 5.74) is 8.64. The van der Waals surface area contributed by atoms with Gasteiger partial charge in [0.05, 0.1) is 23.0 Å². The lowest BCUT2D eigenvalue weighted by atomic mass is 10.0. The first-order valence-corrected chi connectivity index (χ1v) is 9.02. The van der Waals surface area contributed by atoms with Crippen LogP contribution in [-0.2, 0) is 0 Å². The molecule has 1 aromatic heterocycles. The van der Waals surface area contributed by atoms with Crippen molar-refractivity contribution in [1.29, 1.82) is 0 Å². The molecule has 1 aliphatic heterocycles. The van der Waals surface area contributed by atoms with Crippen molar-refractivity contribution in [3.05, 3.63) is 33.6 Å². The second kappa shape index (κ2) is 6.02. The van der Waals surface area contributed by atoms with Crippen LogP contribution in [0.4, 0.5) is 11.4 Å². The lowest BCUT2D eigenvalue weighted by molar-refractivity contribution is 0.0695. The molecule has 2 aliphatic rings. The zero-order chi connectivity index (χ0) is 18.6. The number of aliphatic hydroxyl groups excluding tert-OH is 1. The van der Waals surface area contributed by atoms with Crippen molar-refractivity contribution < 1.29 is 15.0 Å². The van der Waals surface area contributed by atoms with E-state index < -0.39 is 11.4 Å². The van der Waals surface area contributed by atoms with Crippen molar-refractivity contribution in [2.75, 3.05) is 23.7 Å². The first-order chi connectivity index (χ1) is 12.4. The molecule has 0 atom stereocenters. The summed E-state index contributed by atoms with van der Waals surface area (Å²) in [6, 6.07) is 1.85. The molecule has 0 bridgehead atoms. The Morgan fingerprint density at radius 1 is 1.23 bits per heavy atom. The molecule has 4 N–H and O–H groups in total. The van der Waals surface area contributed by atoms with Gasteiger partial charge in [-0.3, -0.25) is 4.79 Å². The van der Waals surface area contributed by atoms with E-state index in [-0.39, 0.29) is 17.7 Å². The second-order valence-electron chi connectivity index (χ2n) is 7.37. The van der Waals surface area contributed by atoms with E-state index >= 15 is 0 Å². The van der Waals surface area contributed by atoms with Gasteiger partial charge in [0, 0.05) is 30.7 Å². The van der Waals surface area contributed by atoms with Crippen LogP contribution in [0.5, 0.6) is 0 Å². The predicted molar refractivity (Wildman–Crippen MR) is 100 cm³/mol. The highest BCUT2D eigenvalue weighted by atomic mass is 16.4. The highest BCUT2D eigenvalue weighted by molar-refractivity contribution is 5.98. The number of hydrogen-bond acceptors (Lipinski definition) is 5. The fourth-order valence-electron chi connectivity index (χ4n) is 4.04. The highest BCUT2D eigenvalue weighted by Gasteiger charge is 2.29. The number of anilines is 2. The van der Waals surface area contributed by atoms with Gasteiger partial charge in [-0.2, -0.15) is 0 Å². The van der Waals surface area contributed by atoms with Crippen molar-refractivity contribution in [2.24, 2.45) is 0 Å². The van der Waals surface area contributed by atoms with Crippen molar-refractivity contribution in [2.45, 2.75) is 44.8 Å². The van der Waals surface area contributed by atoms with Gasteiger partial charge in [0.2, 0.25) is 5.43 Å². The van der Waals surface area contributed by atoms with Gasteiger partial charge in [-0.05, 0) is 44.2 Å². The highest BCUT2D eigenvalue weighted by Crippen LogP contribution is 2.41. The van der Waals surface area contributed by atoms with E-state index in [4.69, 9.17) is 5.73 Å². The summed E-state index contributed by atoms with van der Waals surface area (Å²) < 4.78 is 1.94. The van der Waals surface area contributed by atoms with Crippen LogP contribution >= 0.6 is 0 Å². The minimum atomic E-state index is -1.21. The molecule has 138 valence electrons. The molecule has 2 aromatic rings. The molecule has 1 aliphatic carbocycles. The topological polar surface area (TPSA) is 109 Å². The third-order valence-electron chi connectivity index (χ3n) is 5.51. The third kappa shape index (κ3) is 2.63. The number of nitrogens with two attached hydrogens (primary N) is 1. The molecule has 0 spiro atoms. The standard InChI is InChI=1S/C19H23N3O4/c1-10-16-13(8-15(20)17(10)21-6-4-12(23)5-7-21)18(24)14(19(25)26)9-22(16)11-2-3-11/h8-9,11-12,23H,2-7,20H2,1H3,(H,25,26). The van der Waals surface area contributed by atoms with Crippen LogP contribution in [-0.4, -0.2) is 39.9 Å². The molecule has 1 aromatic carbocycles. The smallest absolute Gasteiger partial charge is 0.341 e. The first kappa shape index (κ1) is 16.9. The zero-order valence-corrected chi connectivity index (χ0v) is 14.7. The van der Waals surface area contributed by atoms with Gasteiger partial charge < -0.3 is 25.4 Å². The number of nitrogens with zero attached hydrogens (tertiary/aromatic N) is 2. The van der Waals surface area contributed by atoms with Gasteiger partial charge in [0.25, 0.3) is 0 Å².